The standard InChI is InChI=1S/C13H23BrN2O4S/c1-9(2)15-8-11-7-12(13(14)20-11)21(17,18)16-5-6-19-10(3)4/h7,9-10,15-16H,5-6,8H2,1-4H3. The van der Waals surface area contributed by atoms with Gasteiger partial charge in [0.2, 0.25) is 10.0 Å². The van der Waals surface area contributed by atoms with E-state index in [-0.39, 0.29) is 22.2 Å². The van der Waals surface area contributed by atoms with Crippen LogP contribution in [0.5, 0.6) is 0 Å². The van der Waals surface area contributed by atoms with Crippen LogP contribution in [0.1, 0.15) is 33.5 Å². The first kappa shape index (κ1) is 18.6. The van der Waals surface area contributed by atoms with E-state index in [0.29, 0.717) is 25.0 Å². The highest BCUT2D eigenvalue weighted by molar-refractivity contribution is 9.10. The van der Waals surface area contributed by atoms with Crippen LogP contribution in [0.25, 0.3) is 0 Å². The highest BCUT2D eigenvalue weighted by atomic mass is 79.9. The maximum Gasteiger partial charge on any atom is 0.245 e. The fraction of sp³-hybridized carbons (Fsp3) is 0.692. The van der Waals surface area contributed by atoms with E-state index < -0.39 is 10.0 Å². The summed E-state index contributed by atoms with van der Waals surface area (Å²) in [6.45, 7) is 8.83. The van der Waals surface area contributed by atoms with Crippen molar-refractivity contribution < 1.29 is 17.6 Å². The van der Waals surface area contributed by atoms with Gasteiger partial charge in [0.15, 0.2) is 4.67 Å². The van der Waals surface area contributed by atoms with Crippen molar-refractivity contribution >= 4 is 26.0 Å². The number of furan rings is 1. The normalized spacial score (nSPS) is 12.5. The zero-order chi connectivity index (χ0) is 16.0. The first-order valence-electron chi connectivity index (χ1n) is 6.85. The summed E-state index contributed by atoms with van der Waals surface area (Å²) in [7, 11) is -3.61. The predicted molar refractivity (Wildman–Crippen MR) is 84.7 cm³/mol. The van der Waals surface area contributed by atoms with Crippen molar-refractivity contribution in [3.05, 3.63) is 16.5 Å². The smallest absolute Gasteiger partial charge is 0.245 e. The summed E-state index contributed by atoms with van der Waals surface area (Å²) in [6, 6.07) is 1.81. The third kappa shape index (κ3) is 6.48. The van der Waals surface area contributed by atoms with Gasteiger partial charge in [-0.1, -0.05) is 13.8 Å². The van der Waals surface area contributed by atoms with Crippen molar-refractivity contribution in [2.24, 2.45) is 0 Å². The van der Waals surface area contributed by atoms with Crippen molar-refractivity contribution in [3.63, 3.8) is 0 Å². The maximum absolute atomic E-state index is 12.2. The molecule has 0 saturated carbocycles. The lowest BCUT2D eigenvalue weighted by Gasteiger charge is -2.08. The lowest BCUT2D eigenvalue weighted by Crippen LogP contribution is -2.28. The summed E-state index contributed by atoms with van der Waals surface area (Å²) in [5, 5.41) is 3.17. The molecular formula is C13H23BrN2O4S. The number of rotatable bonds is 9. The van der Waals surface area contributed by atoms with Crippen LogP contribution in [0.2, 0.25) is 0 Å². The van der Waals surface area contributed by atoms with Crippen LogP contribution in [-0.4, -0.2) is 33.7 Å². The van der Waals surface area contributed by atoms with Crippen molar-refractivity contribution in [2.75, 3.05) is 13.2 Å². The molecule has 0 unspecified atom stereocenters. The van der Waals surface area contributed by atoms with E-state index >= 15 is 0 Å². The van der Waals surface area contributed by atoms with E-state index in [1.165, 1.54) is 6.07 Å². The number of sulfonamides is 1. The fourth-order valence-electron chi connectivity index (χ4n) is 1.52. The summed E-state index contributed by atoms with van der Waals surface area (Å²) >= 11 is 3.15. The molecule has 0 radical (unpaired) electrons. The van der Waals surface area contributed by atoms with Crippen LogP contribution in [-0.2, 0) is 21.3 Å². The van der Waals surface area contributed by atoms with Crippen LogP contribution in [0.3, 0.4) is 0 Å². The van der Waals surface area contributed by atoms with Gasteiger partial charge in [-0.2, -0.15) is 0 Å². The van der Waals surface area contributed by atoms with Gasteiger partial charge in [0, 0.05) is 18.7 Å². The zero-order valence-electron chi connectivity index (χ0n) is 12.8. The fourth-order valence-corrected chi connectivity index (χ4v) is 3.53. The quantitative estimate of drug-likeness (QED) is 0.640. The van der Waals surface area contributed by atoms with Crippen LogP contribution in [0, 0.1) is 0 Å². The van der Waals surface area contributed by atoms with E-state index in [4.69, 9.17) is 9.15 Å². The summed E-state index contributed by atoms with van der Waals surface area (Å²) < 4.78 is 37.7. The lowest BCUT2D eigenvalue weighted by molar-refractivity contribution is 0.0834. The molecule has 0 amide bonds. The van der Waals surface area contributed by atoms with Gasteiger partial charge in [0.05, 0.1) is 19.3 Å². The van der Waals surface area contributed by atoms with Crippen LogP contribution in [0.15, 0.2) is 20.0 Å². The van der Waals surface area contributed by atoms with Crippen molar-refractivity contribution in [2.45, 2.75) is 51.3 Å². The first-order valence-corrected chi connectivity index (χ1v) is 9.13. The molecule has 0 bridgehead atoms. The monoisotopic (exact) mass is 382 g/mol. The molecule has 0 saturated heterocycles. The molecule has 1 aromatic heterocycles. The molecule has 1 aromatic rings. The van der Waals surface area contributed by atoms with Gasteiger partial charge in [0.1, 0.15) is 10.7 Å². The number of ether oxygens (including phenoxy) is 1. The molecule has 1 rings (SSSR count). The second-order valence-electron chi connectivity index (χ2n) is 5.20. The Bertz CT molecular complexity index is 540. The van der Waals surface area contributed by atoms with Gasteiger partial charge in [-0.15, -0.1) is 0 Å². The third-order valence-corrected chi connectivity index (χ3v) is 4.84. The molecule has 0 aliphatic carbocycles. The molecule has 21 heavy (non-hydrogen) atoms. The Morgan fingerprint density at radius 2 is 2.00 bits per heavy atom. The minimum absolute atomic E-state index is 0.0730. The van der Waals surface area contributed by atoms with E-state index in [1.54, 1.807) is 0 Å². The second kappa shape index (κ2) is 8.28. The molecular weight excluding hydrogens is 360 g/mol. The largest absolute Gasteiger partial charge is 0.452 e. The van der Waals surface area contributed by atoms with E-state index in [2.05, 4.69) is 26.0 Å². The minimum Gasteiger partial charge on any atom is -0.452 e. The van der Waals surface area contributed by atoms with Gasteiger partial charge < -0.3 is 14.5 Å². The molecule has 122 valence electrons. The molecule has 2 N–H and O–H groups in total. The molecule has 0 fully saturated rings. The van der Waals surface area contributed by atoms with Crippen LogP contribution in [0.4, 0.5) is 0 Å². The Kier molecular flexibility index (Phi) is 7.35. The summed E-state index contributed by atoms with van der Waals surface area (Å²) in [4.78, 5) is 0.104. The Morgan fingerprint density at radius 3 is 2.57 bits per heavy atom. The second-order valence-corrected chi connectivity index (χ2v) is 7.66. The van der Waals surface area contributed by atoms with Crippen LogP contribution >= 0.6 is 15.9 Å². The number of nitrogens with one attached hydrogen (secondary N) is 2. The van der Waals surface area contributed by atoms with Gasteiger partial charge >= 0.3 is 0 Å². The Morgan fingerprint density at radius 1 is 1.33 bits per heavy atom. The van der Waals surface area contributed by atoms with Gasteiger partial charge in [-0.25, -0.2) is 13.1 Å². The van der Waals surface area contributed by atoms with E-state index in [9.17, 15) is 8.42 Å². The SMILES string of the molecule is CC(C)NCc1cc(S(=O)(=O)NCCOC(C)C)c(Br)o1. The zero-order valence-corrected chi connectivity index (χ0v) is 15.2. The highest BCUT2D eigenvalue weighted by Gasteiger charge is 2.22. The predicted octanol–water partition coefficient (Wildman–Crippen LogP) is 2.24. The molecule has 0 aromatic carbocycles. The Hall–Kier alpha value is -0.410. The molecule has 0 spiro atoms. The average Bonchev–Trinajstić information content (AvgIpc) is 2.74. The Balaban J connectivity index is 2.65. The molecule has 8 heteroatoms. The topological polar surface area (TPSA) is 80.6 Å². The molecule has 1 heterocycles. The summed E-state index contributed by atoms with van der Waals surface area (Å²) in [5.74, 6) is 0.564. The van der Waals surface area contributed by atoms with E-state index in [1.807, 2.05) is 27.7 Å². The number of halogens is 1. The summed E-state index contributed by atoms with van der Waals surface area (Å²) in [5.41, 5.74) is 0. The first-order chi connectivity index (χ1) is 9.72. The van der Waals surface area contributed by atoms with Crippen LogP contribution < -0.4 is 10.0 Å². The average molecular weight is 383 g/mol. The van der Waals surface area contributed by atoms with Gasteiger partial charge in [-0.3, -0.25) is 0 Å². The molecule has 0 aliphatic rings. The molecule has 0 aliphatic heterocycles. The highest BCUT2D eigenvalue weighted by Crippen LogP contribution is 2.26. The van der Waals surface area contributed by atoms with Crippen molar-refractivity contribution in [3.8, 4) is 0 Å². The Labute approximate surface area is 134 Å². The maximum atomic E-state index is 12.2. The van der Waals surface area contributed by atoms with Crippen molar-refractivity contribution in [1.82, 2.24) is 10.0 Å². The summed E-state index contributed by atoms with van der Waals surface area (Å²) in [6.07, 6.45) is 0.0730. The van der Waals surface area contributed by atoms with E-state index in [0.717, 1.165) is 0 Å². The third-order valence-electron chi connectivity index (χ3n) is 2.53. The van der Waals surface area contributed by atoms with Crippen molar-refractivity contribution in [1.29, 1.82) is 0 Å². The molecule has 0 atom stereocenters. The van der Waals surface area contributed by atoms with Gasteiger partial charge in [0.25, 0.3) is 0 Å². The number of hydrogen-bond donors (Lipinski definition) is 2. The lowest BCUT2D eigenvalue weighted by atomic mass is 10.3. The number of hydrogen-bond acceptors (Lipinski definition) is 5. The van der Waals surface area contributed by atoms with Gasteiger partial charge in [-0.05, 0) is 29.8 Å². The molecule has 6 nitrogen and oxygen atoms in total. The minimum atomic E-state index is -3.61.